The third-order valence-electron chi connectivity index (χ3n) is 5.48. The van der Waals surface area contributed by atoms with Gasteiger partial charge in [-0.2, -0.15) is 18.3 Å². The van der Waals surface area contributed by atoms with Gasteiger partial charge in [-0.1, -0.05) is 11.6 Å². The topological polar surface area (TPSA) is 92.5 Å². The first-order valence-corrected chi connectivity index (χ1v) is 11.3. The summed E-state index contributed by atoms with van der Waals surface area (Å²) in [5.41, 5.74) is 0.467. The van der Waals surface area contributed by atoms with Crippen molar-refractivity contribution < 1.29 is 32.5 Å². The lowest BCUT2D eigenvalue weighted by Gasteiger charge is -2.23. The lowest BCUT2D eigenvalue weighted by molar-refractivity contribution is -0.189. The number of ether oxygens (including phenoxy) is 3. The van der Waals surface area contributed by atoms with E-state index in [1.807, 2.05) is 11.8 Å². The number of hydrogen-bond acceptors (Lipinski definition) is 9. The first-order valence-electron chi connectivity index (χ1n) is 10.9. The van der Waals surface area contributed by atoms with Crippen LogP contribution in [0.3, 0.4) is 0 Å². The number of aliphatic hydroxyl groups excluding tert-OH is 1. The molecule has 0 amide bonds. The van der Waals surface area contributed by atoms with Gasteiger partial charge in [0.25, 0.3) is 0 Å². The standard InChI is InChI=1S/C23H23ClF3N5O4/c1-4-31-12-32(30-19(31)11-33)15-7-14-5-6-28-22(36-17-9-20(34-3)29-10-16(17)24)21(14)18(8-15)35-13(2)23(25,26)27/h5-10,13,33H,4,11-12H2,1-3H3. The Labute approximate surface area is 209 Å². The van der Waals surface area contributed by atoms with E-state index in [2.05, 4.69) is 15.1 Å². The number of amidine groups is 1. The summed E-state index contributed by atoms with van der Waals surface area (Å²) >= 11 is 6.21. The molecular weight excluding hydrogens is 503 g/mol. The third kappa shape index (κ3) is 5.19. The summed E-state index contributed by atoms with van der Waals surface area (Å²) in [5.74, 6) is 0.700. The number of rotatable bonds is 8. The quantitative estimate of drug-likeness (QED) is 0.447. The molecule has 4 rings (SSSR count). The van der Waals surface area contributed by atoms with Crippen LogP contribution in [0.4, 0.5) is 18.9 Å². The molecule has 3 aromatic rings. The molecule has 1 aliphatic heterocycles. The van der Waals surface area contributed by atoms with Crippen LogP contribution in [0, 0.1) is 0 Å². The van der Waals surface area contributed by atoms with E-state index in [-0.39, 0.29) is 40.3 Å². The number of aromatic nitrogens is 2. The number of alkyl halides is 3. The van der Waals surface area contributed by atoms with E-state index in [1.54, 1.807) is 17.1 Å². The molecule has 1 unspecified atom stereocenters. The Hall–Kier alpha value is -3.51. The fourth-order valence-electron chi connectivity index (χ4n) is 3.54. The maximum Gasteiger partial charge on any atom is 0.425 e. The van der Waals surface area contributed by atoms with E-state index in [0.717, 1.165) is 6.92 Å². The van der Waals surface area contributed by atoms with Gasteiger partial charge in [-0.25, -0.2) is 15.0 Å². The van der Waals surface area contributed by atoms with Crippen molar-refractivity contribution in [1.29, 1.82) is 0 Å². The van der Waals surface area contributed by atoms with Crippen molar-refractivity contribution in [2.24, 2.45) is 5.10 Å². The van der Waals surface area contributed by atoms with Crippen LogP contribution in [0.2, 0.25) is 5.02 Å². The molecular formula is C23H23ClF3N5O4. The van der Waals surface area contributed by atoms with E-state index < -0.39 is 12.3 Å². The Morgan fingerprint density at radius 3 is 2.61 bits per heavy atom. The van der Waals surface area contributed by atoms with Crippen molar-refractivity contribution in [1.82, 2.24) is 14.9 Å². The summed E-state index contributed by atoms with van der Waals surface area (Å²) in [6.07, 6.45) is -3.94. The lowest BCUT2D eigenvalue weighted by atomic mass is 10.1. The van der Waals surface area contributed by atoms with Crippen LogP contribution in [0.5, 0.6) is 23.3 Å². The van der Waals surface area contributed by atoms with Gasteiger partial charge in [-0.05, 0) is 31.4 Å². The number of fused-ring (bicyclic) bond motifs is 1. The highest BCUT2D eigenvalue weighted by Gasteiger charge is 2.38. The molecule has 36 heavy (non-hydrogen) atoms. The predicted molar refractivity (Wildman–Crippen MR) is 128 cm³/mol. The van der Waals surface area contributed by atoms with E-state index in [1.165, 1.54) is 31.6 Å². The molecule has 0 spiro atoms. The van der Waals surface area contributed by atoms with Crippen LogP contribution >= 0.6 is 11.6 Å². The summed E-state index contributed by atoms with van der Waals surface area (Å²) in [5, 5.41) is 16.4. The summed E-state index contributed by atoms with van der Waals surface area (Å²) in [7, 11) is 1.42. The number of hydrogen-bond donors (Lipinski definition) is 1. The fourth-order valence-corrected chi connectivity index (χ4v) is 3.68. The third-order valence-corrected chi connectivity index (χ3v) is 5.76. The second-order valence-electron chi connectivity index (χ2n) is 7.79. The van der Waals surface area contributed by atoms with Crippen LogP contribution in [0.25, 0.3) is 10.8 Å². The highest BCUT2D eigenvalue weighted by atomic mass is 35.5. The molecule has 9 nitrogen and oxygen atoms in total. The zero-order valence-electron chi connectivity index (χ0n) is 19.6. The molecule has 1 N–H and O–H groups in total. The van der Waals surface area contributed by atoms with Crippen LogP contribution in [0.1, 0.15) is 13.8 Å². The molecule has 1 aromatic carbocycles. The van der Waals surface area contributed by atoms with Gasteiger partial charge >= 0.3 is 6.18 Å². The van der Waals surface area contributed by atoms with Gasteiger partial charge in [0, 0.05) is 24.9 Å². The summed E-state index contributed by atoms with van der Waals surface area (Å²) < 4.78 is 56.7. The smallest absolute Gasteiger partial charge is 0.425 e. The largest absolute Gasteiger partial charge is 0.481 e. The maximum atomic E-state index is 13.4. The Bertz CT molecular complexity index is 1290. The first-order chi connectivity index (χ1) is 17.1. The average molecular weight is 526 g/mol. The SMILES string of the molecule is CCN1CN(c2cc(OC(C)C(F)(F)F)c3c(Oc4cc(OC)ncc4Cl)nccc3c2)N=C1CO. The highest BCUT2D eigenvalue weighted by Crippen LogP contribution is 2.41. The second-order valence-corrected chi connectivity index (χ2v) is 8.20. The molecule has 2 aromatic heterocycles. The van der Waals surface area contributed by atoms with E-state index in [0.29, 0.717) is 30.1 Å². The molecule has 0 aliphatic carbocycles. The zero-order chi connectivity index (χ0) is 26.0. The van der Waals surface area contributed by atoms with Crippen molar-refractivity contribution in [3.8, 4) is 23.3 Å². The molecule has 13 heteroatoms. The maximum absolute atomic E-state index is 13.4. The van der Waals surface area contributed by atoms with Crippen LogP contribution in [0.15, 0.2) is 41.8 Å². The van der Waals surface area contributed by atoms with Crippen molar-refractivity contribution in [2.45, 2.75) is 26.1 Å². The molecule has 192 valence electrons. The number of anilines is 1. The van der Waals surface area contributed by atoms with Gasteiger partial charge in [0.05, 0.1) is 24.4 Å². The van der Waals surface area contributed by atoms with Crippen molar-refractivity contribution in [2.75, 3.05) is 31.9 Å². The number of hydrazone groups is 1. The fraction of sp³-hybridized carbons (Fsp3) is 0.348. The minimum atomic E-state index is -4.61. The van der Waals surface area contributed by atoms with Crippen molar-refractivity contribution in [3.63, 3.8) is 0 Å². The Morgan fingerprint density at radius 1 is 1.19 bits per heavy atom. The molecule has 3 heterocycles. The lowest BCUT2D eigenvalue weighted by Crippen LogP contribution is -2.32. The number of pyridine rings is 2. The Balaban J connectivity index is 1.84. The average Bonchev–Trinajstić information content (AvgIpc) is 3.28. The molecule has 0 bridgehead atoms. The molecule has 1 aliphatic rings. The van der Waals surface area contributed by atoms with E-state index in [4.69, 9.17) is 25.8 Å². The van der Waals surface area contributed by atoms with E-state index in [9.17, 15) is 18.3 Å². The van der Waals surface area contributed by atoms with Gasteiger partial charge in [0.1, 0.15) is 24.0 Å². The van der Waals surface area contributed by atoms with Crippen LogP contribution in [-0.2, 0) is 0 Å². The number of benzene rings is 1. The van der Waals surface area contributed by atoms with Gasteiger partial charge < -0.3 is 24.2 Å². The van der Waals surface area contributed by atoms with Crippen molar-refractivity contribution >= 4 is 33.9 Å². The number of methoxy groups -OCH3 is 1. The number of halogens is 4. The minimum Gasteiger partial charge on any atom is -0.481 e. The molecule has 0 saturated heterocycles. The monoisotopic (exact) mass is 525 g/mol. The normalized spacial score (nSPS) is 14.7. The van der Waals surface area contributed by atoms with Gasteiger partial charge in [0.15, 0.2) is 17.7 Å². The van der Waals surface area contributed by atoms with Gasteiger partial charge in [0.2, 0.25) is 11.8 Å². The minimum absolute atomic E-state index is 0.0188. The molecule has 0 saturated carbocycles. The predicted octanol–water partition coefficient (Wildman–Crippen LogP) is 4.82. The van der Waals surface area contributed by atoms with Crippen LogP contribution in [-0.4, -0.2) is 65.0 Å². The number of likely N-dealkylation sites (N-methyl/N-ethyl adjacent to an activating group) is 1. The highest BCUT2D eigenvalue weighted by molar-refractivity contribution is 6.32. The van der Waals surface area contributed by atoms with Crippen LogP contribution < -0.4 is 19.2 Å². The summed E-state index contributed by atoms with van der Waals surface area (Å²) in [6.45, 7) is 3.45. The van der Waals surface area contributed by atoms with Gasteiger partial charge in [-0.3, -0.25) is 0 Å². The summed E-state index contributed by atoms with van der Waals surface area (Å²) in [6, 6.07) is 6.22. The van der Waals surface area contributed by atoms with Crippen molar-refractivity contribution in [3.05, 3.63) is 41.7 Å². The zero-order valence-corrected chi connectivity index (χ0v) is 20.3. The summed E-state index contributed by atoms with van der Waals surface area (Å²) in [4.78, 5) is 10.0. The van der Waals surface area contributed by atoms with E-state index >= 15 is 0 Å². The molecule has 0 fully saturated rings. The Morgan fingerprint density at radius 2 is 1.97 bits per heavy atom. The second kappa shape index (κ2) is 10.2. The molecule has 1 atom stereocenters. The first kappa shape index (κ1) is 25.6. The number of nitrogens with zero attached hydrogens (tertiary/aromatic N) is 5. The Kier molecular flexibility index (Phi) is 7.27. The molecule has 0 radical (unpaired) electrons. The van der Waals surface area contributed by atoms with Gasteiger partial charge in [-0.15, -0.1) is 0 Å². The number of aliphatic hydroxyl groups is 1.